The molecule has 2 aliphatic rings. The van der Waals surface area contributed by atoms with Crippen LogP contribution < -0.4 is 0 Å². The minimum atomic E-state index is -0.803. The van der Waals surface area contributed by atoms with Crippen LogP contribution in [0.25, 0.3) is 0 Å². The van der Waals surface area contributed by atoms with Crippen molar-refractivity contribution < 1.29 is 14.4 Å². The molecule has 0 atom stereocenters. The van der Waals surface area contributed by atoms with Crippen LogP contribution in [0.2, 0.25) is 5.02 Å². The van der Waals surface area contributed by atoms with Crippen molar-refractivity contribution in [1.82, 2.24) is 24.5 Å². The molecule has 2 saturated heterocycles. The number of amides is 4. The fourth-order valence-corrected chi connectivity index (χ4v) is 4.09. The van der Waals surface area contributed by atoms with E-state index in [-0.39, 0.29) is 23.8 Å². The fourth-order valence-electron chi connectivity index (χ4n) is 3.94. The number of hydrogen-bond acceptors (Lipinski definition) is 4. The summed E-state index contributed by atoms with van der Waals surface area (Å²) >= 11 is 5.83. The number of likely N-dealkylation sites (N-methyl/N-ethyl adjacent to an activating group) is 1. The highest BCUT2D eigenvalue weighted by Crippen LogP contribution is 2.37. The Morgan fingerprint density at radius 3 is 2.52 bits per heavy atom. The summed E-state index contributed by atoms with van der Waals surface area (Å²) < 4.78 is 1.64. The first kappa shape index (κ1) is 19.7. The lowest BCUT2D eigenvalue weighted by Gasteiger charge is -2.42. The Morgan fingerprint density at radius 2 is 1.96 bits per heavy atom. The van der Waals surface area contributed by atoms with Crippen molar-refractivity contribution in [2.24, 2.45) is 5.92 Å². The van der Waals surface area contributed by atoms with Gasteiger partial charge in [-0.05, 0) is 18.8 Å². The van der Waals surface area contributed by atoms with Crippen molar-refractivity contribution in [2.75, 3.05) is 26.7 Å². The van der Waals surface area contributed by atoms with Crippen molar-refractivity contribution in [1.29, 1.82) is 0 Å². The van der Waals surface area contributed by atoms with E-state index < -0.39 is 5.54 Å². The topological polar surface area (TPSA) is 78.8 Å². The molecule has 0 radical (unpaired) electrons. The molecule has 1 spiro atoms. The van der Waals surface area contributed by atoms with E-state index in [0.29, 0.717) is 50.5 Å². The normalized spacial score (nSPS) is 19.7. The molecule has 2 fully saturated rings. The Balaban J connectivity index is 1.63. The molecule has 4 amide bonds. The van der Waals surface area contributed by atoms with Crippen molar-refractivity contribution in [3.05, 3.63) is 17.4 Å². The number of carbonyl (C=O) groups is 3. The molecule has 2 aliphatic heterocycles. The summed E-state index contributed by atoms with van der Waals surface area (Å²) in [4.78, 5) is 42.6. The van der Waals surface area contributed by atoms with E-state index in [2.05, 4.69) is 5.10 Å². The van der Waals surface area contributed by atoms with Crippen LogP contribution in [0.3, 0.4) is 0 Å². The highest BCUT2D eigenvalue weighted by atomic mass is 35.5. The van der Waals surface area contributed by atoms with E-state index in [4.69, 9.17) is 11.6 Å². The molecule has 0 aliphatic carbocycles. The molecule has 1 aromatic rings. The highest BCUT2D eigenvalue weighted by molar-refractivity contribution is 6.30. The highest BCUT2D eigenvalue weighted by Gasteiger charge is 2.57. The first-order chi connectivity index (χ1) is 12.7. The summed E-state index contributed by atoms with van der Waals surface area (Å²) in [5.41, 5.74) is -0.803. The molecule has 1 aromatic heterocycles. The summed E-state index contributed by atoms with van der Waals surface area (Å²) in [5, 5.41) is 4.62. The Morgan fingerprint density at radius 1 is 1.30 bits per heavy atom. The van der Waals surface area contributed by atoms with Gasteiger partial charge in [-0.25, -0.2) is 4.79 Å². The Labute approximate surface area is 164 Å². The second kappa shape index (κ2) is 7.50. The van der Waals surface area contributed by atoms with Crippen LogP contribution in [0, 0.1) is 5.92 Å². The molecule has 3 rings (SSSR count). The SMILES string of the molecule is CC(C)CN1C(=O)N(C)C(=O)C12CCN(C(=O)CCn1cc(Cl)cn1)CC2. The average Bonchev–Trinajstić information content (AvgIpc) is 3.13. The molecule has 148 valence electrons. The van der Waals surface area contributed by atoms with Gasteiger partial charge in [-0.3, -0.25) is 19.2 Å². The lowest BCUT2D eigenvalue weighted by atomic mass is 9.85. The van der Waals surface area contributed by atoms with E-state index in [9.17, 15) is 14.4 Å². The minimum Gasteiger partial charge on any atom is -0.342 e. The first-order valence-electron chi connectivity index (χ1n) is 9.30. The van der Waals surface area contributed by atoms with Gasteiger partial charge in [-0.2, -0.15) is 5.10 Å². The maximum atomic E-state index is 12.8. The minimum absolute atomic E-state index is 0.0250. The number of halogens is 1. The second-order valence-corrected chi connectivity index (χ2v) is 8.17. The largest absolute Gasteiger partial charge is 0.342 e. The molecule has 27 heavy (non-hydrogen) atoms. The van der Waals surface area contributed by atoms with Crippen LogP contribution >= 0.6 is 11.6 Å². The van der Waals surface area contributed by atoms with Crippen molar-refractivity contribution in [3.63, 3.8) is 0 Å². The number of rotatable bonds is 5. The zero-order chi connectivity index (χ0) is 19.8. The number of urea groups is 1. The third-order valence-corrected chi connectivity index (χ3v) is 5.58. The van der Waals surface area contributed by atoms with Crippen LogP contribution in [0.15, 0.2) is 12.4 Å². The monoisotopic (exact) mass is 395 g/mol. The zero-order valence-electron chi connectivity index (χ0n) is 16.0. The van der Waals surface area contributed by atoms with E-state index >= 15 is 0 Å². The van der Waals surface area contributed by atoms with Gasteiger partial charge in [0.2, 0.25) is 5.91 Å². The standard InChI is InChI=1S/C18H26ClN5O3/c1-13(2)11-24-17(27)21(3)16(26)18(24)5-8-22(9-6-18)15(25)4-7-23-12-14(19)10-20-23/h10,12-13H,4-9,11H2,1-3H3. The van der Waals surface area contributed by atoms with Gasteiger partial charge in [-0.15, -0.1) is 0 Å². The summed E-state index contributed by atoms with van der Waals surface area (Å²) in [7, 11) is 1.54. The second-order valence-electron chi connectivity index (χ2n) is 7.74. The van der Waals surface area contributed by atoms with Gasteiger partial charge in [0.25, 0.3) is 5.91 Å². The Kier molecular flexibility index (Phi) is 5.46. The maximum Gasteiger partial charge on any atom is 0.327 e. The lowest BCUT2D eigenvalue weighted by Crippen LogP contribution is -2.58. The summed E-state index contributed by atoms with van der Waals surface area (Å²) in [5.74, 6) is 0.147. The molecule has 0 unspecified atom stereocenters. The average molecular weight is 396 g/mol. The third kappa shape index (κ3) is 3.67. The summed E-state index contributed by atoms with van der Waals surface area (Å²) in [6.45, 7) is 6.02. The van der Waals surface area contributed by atoms with E-state index in [1.54, 1.807) is 33.9 Å². The van der Waals surface area contributed by atoms with Gasteiger partial charge in [0.15, 0.2) is 0 Å². The van der Waals surface area contributed by atoms with E-state index in [1.165, 1.54) is 4.90 Å². The van der Waals surface area contributed by atoms with Crippen molar-refractivity contribution >= 4 is 29.4 Å². The van der Waals surface area contributed by atoms with Gasteiger partial charge < -0.3 is 9.80 Å². The number of piperidine rings is 1. The molecular formula is C18H26ClN5O3. The number of aromatic nitrogens is 2. The van der Waals surface area contributed by atoms with Crippen LogP contribution in [0.1, 0.15) is 33.1 Å². The molecule has 0 N–H and O–H groups in total. The van der Waals surface area contributed by atoms with Crippen LogP contribution in [0.5, 0.6) is 0 Å². The van der Waals surface area contributed by atoms with Gasteiger partial charge in [-0.1, -0.05) is 25.4 Å². The molecule has 9 heteroatoms. The van der Waals surface area contributed by atoms with E-state index in [0.717, 1.165) is 0 Å². The molecule has 3 heterocycles. The smallest absolute Gasteiger partial charge is 0.327 e. The number of nitrogens with zero attached hydrogens (tertiary/aromatic N) is 5. The molecule has 0 bridgehead atoms. The molecular weight excluding hydrogens is 370 g/mol. The van der Waals surface area contributed by atoms with Crippen LogP contribution in [-0.2, 0) is 16.1 Å². The Bertz CT molecular complexity index is 739. The predicted molar refractivity (Wildman–Crippen MR) is 100 cm³/mol. The van der Waals surface area contributed by atoms with Gasteiger partial charge in [0, 0.05) is 45.8 Å². The van der Waals surface area contributed by atoms with Gasteiger partial charge in [0.1, 0.15) is 5.54 Å². The molecule has 8 nitrogen and oxygen atoms in total. The lowest BCUT2D eigenvalue weighted by molar-refractivity contribution is -0.140. The fraction of sp³-hybridized carbons (Fsp3) is 0.667. The third-order valence-electron chi connectivity index (χ3n) is 5.38. The van der Waals surface area contributed by atoms with Crippen LogP contribution in [-0.4, -0.2) is 74.5 Å². The molecule has 0 aromatic carbocycles. The number of carbonyl (C=O) groups excluding carboxylic acids is 3. The number of hydrogen-bond donors (Lipinski definition) is 0. The Hall–Kier alpha value is -2.09. The zero-order valence-corrected chi connectivity index (χ0v) is 16.8. The number of aryl methyl sites for hydroxylation is 1. The molecule has 0 saturated carbocycles. The maximum absolute atomic E-state index is 12.8. The first-order valence-corrected chi connectivity index (χ1v) is 9.68. The summed E-state index contributed by atoms with van der Waals surface area (Å²) in [6, 6.07) is -0.232. The number of likely N-dealkylation sites (tertiary alicyclic amines) is 1. The van der Waals surface area contributed by atoms with Gasteiger partial charge in [0.05, 0.1) is 11.2 Å². The predicted octanol–water partition coefficient (Wildman–Crippen LogP) is 1.84. The van der Waals surface area contributed by atoms with Crippen LogP contribution in [0.4, 0.5) is 4.79 Å². The van der Waals surface area contributed by atoms with Crippen molar-refractivity contribution in [3.8, 4) is 0 Å². The van der Waals surface area contributed by atoms with E-state index in [1.807, 2.05) is 13.8 Å². The quantitative estimate of drug-likeness (QED) is 0.712. The van der Waals surface area contributed by atoms with Gasteiger partial charge >= 0.3 is 6.03 Å². The van der Waals surface area contributed by atoms with Crippen molar-refractivity contribution in [2.45, 2.75) is 45.2 Å². The number of imide groups is 1. The summed E-state index contributed by atoms with van der Waals surface area (Å²) in [6.07, 6.45) is 4.51.